The number of carbonyl (C=O) groups excluding carboxylic acids is 1. The first kappa shape index (κ1) is 17.5. The van der Waals surface area contributed by atoms with E-state index >= 15 is 0 Å². The van der Waals surface area contributed by atoms with Crippen LogP contribution in [0.2, 0.25) is 0 Å². The van der Waals surface area contributed by atoms with Gasteiger partial charge in [0.25, 0.3) is 0 Å². The van der Waals surface area contributed by atoms with Crippen LogP contribution in [0.1, 0.15) is 17.2 Å². The van der Waals surface area contributed by atoms with Gasteiger partial charge in [0.15, 0.2) is 24.2 Å². The van der Waals surface area contributed by atoms with E-state index in [9.17, 15) is 4.79 Å². The normalized spacial score (nSPS) is 10.4. The van der Waals surface area contributed by atoms with Crippen LogP contribution < -0.4 is 9.47 Å². The Balaban J connectivity index is 1.72. The number of rotatable bonds is 7. The summed E-state index contributed by atoms with van der Waals surface area (Å²) < 4.78 is 16.5. The summed E-state index contributed by atoms with van der Waals surface area (Å²) in [6, 6.07) is 26.5. The molecule has 0 amide bonds. The quantitative estimate of drug-likeness (QED) is 0.594. The molecule has 0 N–H and O–H groups in total. The highest BCUT2D eigenvalue weighted by atomic mass is 16.6. The van der Waals surface area contributed by atoms with Crippen LogP contribution in [-0.2, 0) is 9.53 Å². The molecule has 0 saturated carbocycles. The maximum atomic E-state index is 12.4. The Kier molecular flexibility index (Phi) is 5.88. The number of para-hydroxylation sites is 2. The summed E-state index contributed by atoms with van der Waals surface area (Å²) in [5.74, 6) is 0.625. The van der Waals surface area contributed by atoms with Crippen molar-refractivity contribution in [2.45, 2.75) is 6.10 Å². The Labute approximate surface area is 153 Å². The molecule has 26 heavy (non-hydrogen) atoms. The van der Waals surface area contributed by atoms with Crippen molar-refractivity contribution in [2.75, 3.05) is 13.7 Å². The average molecular weight is 348 g/mol. The van der Waals surface area contributed by atoms with E-state index in [4.69, 9.17) is 14.2 Å². The third-order valence-electron chi connectivity index (χ3n) is 3.87. The van der Waals surface area contributed by atoms with Crippen molar-refractivity contribution in [1.82, 2.24) is 0 Å². The first-order valence-corrected chi connectivity index (χ1v) is 8.33. The number of carbonyl (C=O) groups is 1. The fourth-order valence-electron chi connectivity index (χ4n) is 2.62. The van der Waals surface area contributed by atoms with Crippen LogP contribution in [0.3, 0.4) is 0 Å². The van der Waals surface area contributed by atoms with Crippen molar-refractivity contribution in [3.8, 4) is 11.5 Å². The Hall–Kier alpha value is -3.27. The van der Waals surface area contributed by atoms with Crippen molar-refractivity contribution in [3.63, 3.8) is 0 Å². The molecule has 0 aromatic heterocycles. The van der Waals surface area contributed by atoms with Crippen LogP contribution >= 0.6 is 0 Å². The highest BCUT2D eigenvalue weighted by Crippen LogP contribution is 2.28. The lowest BCUT2D eigenvalue weighted by atomic mass is 10.0. The molecule has 0 unspecified atom stereocenters. The zero-order chi connectivity index (χ0) is 18.2. The second kappa shape index (κ2) is 8.72. The number of hydrogen-bond donors (Lipinski definition) is 0. The topological polar surface area (TPSA) is 44.8 Å². The second-order valence-electron chi connectivity index (χ2n) is 5.63. The van der Waals surface area contributed by atoms with Crippen LogP contribution in [0.5, 0.6) is 11.5 Å². The van der Waals surface area contributed by atoms with Crippen molar-refractivity contribution in [1.29, 1.82) is 0 Å². The van der Waals surface area contributed by atoms with Gasteiger partial charge in [-0.1, -0.05) is 72.8 Å². The van der Waals surface area contributed by atoms with Crippen molar-refractivity contribution >= 4 is 5.97 Å². The minimum atomic E-state index is -0.480. The van der Waals surface area contributed by atoms with Gasteiger partial charge in [-0.25, -0.2) is 4.79 Å². The molecule has 3 aromatic rings. The van der Waals surface area contributed by atoms with Crippen LogP contribution in [0.25, 0.3) is 0 Å². The molecule has 3 aromatic carbocycles. The molecule has 4 heteroatoms. The molecule has 132 valence electrons. The molecule has 3 rings (SSSR count). The SMILES string of the molecule is COc1ccccc1OCC(=O)OC(c1ccccc1)c1ccccc1. The summed E-state index contributed by atoms with van der Waals surface area (Å²) in [5, 5.41) is 0. The fourth-order valence-corrected chi connectivity index (χ4v) is 2.62. The lowest BCUT2D eigenvalue weighted by Crippen LogP contribution is -2.19. The lowest BCUT2D eigenvalue weighted by Gasteiger charge is -2.19. The molecule has 4 nitrogen and oxygen atoms in total. The first-order valence-electron chi connectivity index (χ1n) is 8.33. The smallest absolute Gasteiger partial charge is 0.345 e. The number of methoxy groups -OCH3 is 1. The van der Waals surface area contributed by atoms with Crippen molar-refractivity contribution < 1.29 is 19.0 Å². The molecule has 0 aliphatic heterocycles. The van der Waals surface area contributed by atoms with Gasteiger partial charge < -0.3 is 14.2 Å². The van der Waals surface area contributed by atoms with Crippen LogP contribution in [0.4, 0.5) is 0 Å². The van der Waals surface area contributed by atoms with E-state index in [-0.39, 0.29) is 6.61 Å². The van der Waals surface area contributed by atoms with E-state index < -0.39 is 12.1 Å². The molecule has 0 saturated heterocycles. The summed E-state index contributed by atoms with van der Waals surface area (Å²) in [4.78, 5) is 12.4. The third kappa shape index (κ3) is 4.42. The van der Waals surface area contributed by atoms with Gasteiger partial charge in [-0.2, -0.15) is 0 Å². The molecular formula is C22H20O4. The predicted molar refractivity (Wildman–Crippen MR) is 99.3 cm³/mol. The van der Waals surface area contributed by atoms with Gasteiger partial charge in [0.2, 0.25) is 0 Å². The Morgan fingerprint density at radius 1 is 0.769 bits per heavy atom. The minimum absolute atomic E-state index is 0.198. The number of esters is 1. The largest absolute Gasteiger partial charge is 0.493 e. The van der Waals surface area contributed by atoms with E-state index in [0.29, 0.717) is 11.5 Å². The van der Waals surface area contributed by atoms with Crippen LogP contribution in [0, 0.1) is 0 Å². The zero-order valence-electron chi connectivity index (χ0n) is 14.5. The monoisotopic (exact) mass is 348 g/mol. The second-order valence-corrected chi connectivity index (χ2v) is 5.63. The number of ether oxygens (including phenoxy) is 3. The van der Waals surface area contributed by atoms with Gasteiger partial charge in [-0.05, 0) is 23.3 Å². The van der Waals surface area contributed by atoms with Gasteiger partial charge in [-0.15, -0.1) is 0 Å². The minimum Gasteiger partial charge on any atom is -0.493 e. The van der Waals surface area contributed by atoms with E-state index in [0.717, 1.165) is 11.1 Å². The molecule has 0 spiro atoms. The summed E-state index contributed by atoms with van der Waals surface area (Å²) in [7, 11) is 1.56. The summed E-state index contributed by atoms with van der Waals surface area (Å²) in [5.41, 5.74) is 1.81. The number of hydrogen-bond acceptors (Lipinski definition) is 4. The van der Waals surface area contributed by atoms with Gasteiger partial charge in [0.05, 0.1) is 7.11 Å². The van der Waals surface area contributed by atoms with E-state index in [1.807, 2.05) is 72.8 Å². The average Bonchev–Trinajstić information content (AvgIpc) is 2.72. The highest BCUT2D eigenvalue weighted by molar-refractivity contribution is 5.72. The predicted octanol–water partition coefficient (Wildman–Crippen LogP) is 4.41. The van der Waals surface area contributed by atoms with Crippen LogP contribution in [-0.4, -0.2) is 19.7 Å². The summed E-state index contributed by atoms with van der Waals surface area (Å²) >= 11 is 0. The molecule has 0 atom stereocenters. The summed E-state index contributed by atoms with van der Waals surface area (Å²) in [6.07, 6.45) is -0.480. The van der Waals surface area contributed by atoms with Gasteiger partial charge in [-0.3, -0.25) is 0 Å². The van der Waals surface area contributed by atoms with Crippen molar-refractivity contribution in [3.05, 3.63) is 96.1 Å². The Morgan fingerprint density at radius 2 is 1.27 bits per heavy atom. The fraction of sp³-hybridized carbons (Fsp3) is 0.136. The van der Waals surface area contributed by atoms with Crippen molar-refractivity contribution in [2.24, 2.45) is 0 Å². The molecule has 0 radical (unpaired) electrons. The molecule has 0 fully saturated rings. The number of benzene rings is 3. The lowest BCUT2D eigenvalue weighted by molar-refractivity contribution is -0.150. The van der Waals surface area contributed by atoms with Gasteiger partial charge in [0.1, 0.15) is 0 Å². The molecular weight excluding hydrogens is 328 g/mol. The van der Waals surface area contributed by atoms with E-state index in [1.54, 1.807) is 19.2 Å². The highest BCUT2D eigenvalue weighted by Gasteiger charge is 2.19. The Bertz CT molecular complexity index is 792. The van der Waals surface area contributed by atoms with Crippen LogP contribution in [0.15, 0.2) is 84.9 Å². The molecule has 0 aliphatic carbocycles. The molecule has 0 aliphatic rings. The standard InChI is InChI=1S/C22H20O4/c1-24-19-14-8-9-15-20(19)25-16-21(23)26-22(17-10-4-2-5-11-17)18-12-6-3-7-13-18/h2-15,22H,16H2,1H3. The van der Waals surface area contributed by atoms with Gasteiger partial charge in [0, 0.05) is 0 Å². The molecule has 0 bridgehead atoms. The van der Waals surface area contributed by atoms with Gasteiger partial charge >= 0.3 is 5.97 Å². The third-order valence-corrected chi connectivity index (χ3v) is 3.87. The zero-order valence-corrected chi connectivity index (χ0v) is 14.5. The maximum absolute atomic E-state index is 12.4. The first-order chi connectivity index (χ1) is 12.8. The molecule has 0 heterocycles. The van der Waals surface area contributed by atoms with E-state index in [2.05, 4.69) is 0 Å². The van der Waals surface area contributed by atoms with E-state index in [1.165, 1.54) is 0 Å². The Morgan fingerprint density at radius 3 is 1.81 bits per heavy atom. The maximum Gasteiger partial charge on any atom is 0.345 e. The summed E-state index contributed by atoms with van der Waals surface area (Å²) in [6.45, 7) is -0.198.